The molecule has 1 rings (SSSR count). The Balaban J connectivity index is 3.32. The number of nitrogens with two attached hydrogens (primary N) is 1. The molecule has 0 aromatic heterocycles. The lowest BCUT2D eigenvalue weighted by molar-refractivity contribution is 0.353. The average molecular weight is 274 g/mol. The first kappa shape index (κ1) is 12.3. The van der Waals surface area contributed by atoms with Gasteiger partial charge in [0.15, 0.2) is 11.5 Å². The minimum atomic E-state index is -0.418. The summed E-state index contributed by atoms with van der Waals surface area (Å²) in [5, 5.41) is 0. The zero-order valence-electron chi connectivity index (χ0n) is 9.43. The molecule has 0 aliphatic carbocycles. The minimum absolute atomic E-state index is 0.418. The molecule has 0 radical (unpaired) electrons. The number of halogens is 1. The van der Waals surface area contributed by atoms with E-state index in [1.807, 2.05) is 26.0 Å². The van der Waals surface area contributed by atoms with Gasteiger partial charge in [0.25, 0.3) is 0 Å². The minimum Gasteiger partial charge on any atom is -0.493 e. The molecule has 4 heteroatoms. The molecule has 0 unspecified atom stereocenters. The zero-order valence-corrected chi connectivity index (χ0v) is 11.0. The second-order valence-electron chi connectivity index (χ2n) is 3.91. The summed E-state index contributed by atoms with van der Waals surface area (Å²) in [6, 6.07) is 3.76. The van der Waals surface area contributed by atoms with Crippen LogP contribution in [0.25, 0.3) is 0 Å². The van der Waals surface area contributed by atoms with Crippen LogP contribution in [0.4, 0.5) is 0 Å². The van der Waals surface area contributed by atoms with Gasteiger partial charge in [-0.3, -0.25) is 0 Å². The third-order valence-electron chi connectivity index (χ3n) is 2.17. The Morgan fingerprint density at radius 3 is 2.00 bits per heavy atom. The van der Waals surface area contributed by atoms with Gasteiger partial charge in [0.2, 0.25) is 0 Å². The van der Waals surface area contributed by atoms with E-state index in [9.17, 15) is 0 Å². The van der Waals surface area contributed by atoms with E-state index < -0.39 is 5.54 Å². The maximum absolute atomic E-state index is 6.05. The zero-order chi connectivity index (χ0) is 11.6. The van der Waals surface area contributed by atoms with E-state index in [0.717, 1.165) is 10.0 Å². The van der Waals surface area contributed by atoms with Crippen LogP contribution in [0.5, 0.6) is 11.5 Å². The molecule has 0 saturated carbocycles. The highest BCUT2D eigenvalue weighted by atomic mass is 79.9. The topological polar surface area (TPSA) is 44.5 Å². The highest BCUT2D eigenvalue weighted by molar-refractivity contribution is 9.10. The van der Waals surface area contributed by atoms with Crippen molar-refractivity contribution in [2.45, 2.75) is 19.4 Å². The van der Waals surface area contributed by atoms with Gasteiger partial charge in [-0.15, -0.1) is 0 Å². The van der Waals surface area contributed by atoms with Gasteiger partial charge in [-0.2, -0.15) is 0 Å². The van der Waals surface area contributed by atoms with Crippen LogP contribution in [0.3, 0.4) is 0 Å². The first-order chi connectivity index (χ1) is 6.90. The summed E-state index contributed by atoms with van der Waals surface area (Å²) in [4.78, 5) is 0. The molecule has 3 nitrogen and oxygen atoms in total. The highest BCUT2D eigenvalue weighted by Gasteiger charge is 2.20. The maximum atomic E-state index is 6.05. The molecule has 0 heterocycles. The smallest absolute Gasteiger partial charge is 0.161 e. The van der Waals surface area contributed by atoms with Crippen LogP contribution in [-0.2, 0) is 5.54 Å². The number of benzene rings is 1. The third kappa shape index (κ3) is 2.63. The second-order valence-corrected chi connectivity index (χ2v) is 4.76. The molecule has 1 aromatic rings. The lowest BCUT2D eigenvalue weighted by atomic mass is 9.95. The Labute approximate surface area is 98.7 Å². The Morgan fingerprint density at radius 1 is 1.13 bits per heavy atom. The molecule has 0 spiro atoms. The first-order valence-electron chi connectivity index (χ1n) is 4.61. The number of ether oxygens (including phenoxy) is 2. The Kier molecular flexibility index (Phi) is 3.62. The lowest BCUT2D eigenvalue weighted by Gasteiger charge is -2.22. The van der Waals surface area contributed by atoms with E-state index in [2.05, 4.69) is 15.9 Å². The van der Waals surface area contributed by atoms with Crippen LogP contribution in [0.1, 0.15) is 19.4 Å². The number of hydrogen-bond acceptors (Lipinski definition) is 3. The van der Waals surface area contributed by atoms with E-state index in [1.54, 1.807) is 14.2 Å². The molecule has 84 valence electrons. The fraction of sp³-hybridized carbons (Fsp3) is 0.455. The van der Waals surface area contributed by atoms with Crippen molar-refractivity contribution in [3.63, 3.8) is 0 Å². The first-order valence-corrected chi connectivity index (χ1v) is 5.40. The Bertz CT molecular complexity index is 358. The van der Waals surface area contributed by atoms with Gasteiger partial charge in [0.1, 0.15) is 0 Å². The van der Waals surface area contributed by atoms with Gasteiger partial charge in [0.05, 0.1) is 14.2 Å². The molecule has 15 heavy (non-hydrogen) atoms. The van der Waals surface area contributed by atoms with Gasteiger partial charge in [-0.25, -0.2) is 0 Å². The van der Waals surface area contributed by atoms with E-state index in [-0.39, 0.29) is 0 Å². The highest BCUT2D eigenvalue weighted by Crippen LogP contribution is 2.36. The average Bonchev–Trinajstić information content (AvgIpc) is 2.15. The Hall–Kier alpha value is -0.740. The van der Waals surface area contributed by atoms with Crippen molar-refractivity contribution in [3.8, 4) is 11.5 Å². The monoisotopic (exact) mass is 273 g/mol. The van der Waals surface area contributed by atoms with Crippen molar-refractivity contribution in [2.75, 3.05) is 14.2 Å². The van der Waals surface area contributed by atoms with E-state index >= 15 is 0 Å². The van der Waals surface area contributed by atoms with Crippen LogP contribution < -0.4 is 15.2 Å². The molecular weight excluding hydrogens is 258 g/mol. The molecule has 1 aromatic carbocycles. The SMILES string of the molecule is COc1cc(Br)c(C(C)(C)N)cc1OC. The second kappa shape index (κ2) is 4.41. The fourth-order valence-electron chi connectivity index (χ4n) is 1.35. The van der Waals surface area contributed by atoms with E-state index in [4.69, 9.17) is 15.2 Å². The van der Waals surface area contributed by atoms with E-state index in [0.29, 0.717) is 11.5 Å². The summed E-state index contributed by atoms with van der Waals surface area (Å²) in [7, 11) is 3.22. The van der Waals surface area contributed by atoms with Gasteiger partial charge in [-0.1, -0.05) is 15.9 Å². The van der Waals surface area contributed by atoms with E-state index in [1.165, 1.54) is 0 Å². The molecule has 0 atom stereocenters. The van der Waals surface area contributed by atoms with Crippen molar-refractivity contribution < 1.29 is 9.47 Å². The quantitative estimate of drug-likeness (QED) is 0.921. The molecule has 0 amide bonds. The largest absolute Gasteiger partial charge is 0.493 e. The third-order valence-corrected chi connectivity index (χ3v) is 2.82. The Morgan fingerprint density at radius 2 is 1.60 bits per heavy atom. The van der Waals surface area contributed by atoms with Gasteiger partial charge in [0, 0.05) is 10.0 Å². The summed E-state index contributed by atoms with van der Waals surface area (Å²) < 4.78 is 11.3. The van der Waals surface area contributed by atoms with Crippen LogP contribution in [0.2, 0.25) is 0 Å². The van der Waals surface area contributed by atoms with Crippen molar-refractivity contribution in [1.29, 1.82) is 0 Å². The standard InChI is InChI=1S/C11H16BrNO2/c1-11(2,13)7-5-9(14-3)10(15-4)6-8(7)12/h5-6H,13H2,1-4H3. The van der Waals surface area contributed by atoms with Crippen molar-refractivity contribution >= 4 is 15.9 Å². The molecule has 0 aliphatic heterocycles. The molecule has 0 fully saturated rings. The summed E-state index contributed by atoms with van der Waals surface area (Å²) >= 11 is 3.47. The van der Waals surface area contributed by atoms with Crippen LogP contribution in [0, 0.1) is 0 Å². The summed E-state index contributed by atoms with van der Waals surface area (Å²) in [5.41, 5.74) is 6.61. The normalized spacial score (nSPS) is 11.3. The predicted octanol–water partition coefficient (Wildman–Crippen LogP) is 2.66. The molecule has 0 saturated heterocycles. The number of rotatable bonds is 3. The molecule has 0 aliphatic rings. The van der Waals surface area contributed by atoms with Gasteiger partial charge in [-0.05, 0) is 31.5 Å². The molecule has 2 N–H and O–H groups in total. The number of hydrogen-bond donors (Lipinski definition) is 1. The lowest BCUT2D eigenvalue weighted by Crippen LogP contribution is -2.29. The maximum Gasteiger partial charge on any atom is 0.161 e. The summed E-state index contributed by atoms with van der Waals surface area (Å²) in [5.74, 6) is 1.38. The van der Waals surface area contributed by atoms with Crippen LogP contribution in [0.15, 0.2) is 16.6 Å². The van der Waals surface area contributed by atoms with Crippen LogP contribution in [-0.4, -0.2) is 14.2 Å². The van der Waals surface area contributed by atoms with Gasteiger partial charge < -0.3 is 15.2 Å². The molecular formula is C11H16BrNO2. The van der Waals surface area contributed by atoms with Crippen molar-refractivity contribution in [1.82, 2.24) is 0 Å². The number of methoxy groups -OCH3 is 2. The molecule has 0 bridgehead atoms. The van der Waals surface area contributed by atoms with Crippen molar-refractivity contribution in [2.24, 2.45) is 5.73 Å². The summed E-state index contributed by atoms with van der Waals surface area (Å²) in [6.45, 7) is 3.89. The predicted molar refractivity (Wildman–Crippen MR) is 64.5 cm³/mol. The van der Waals surface area contributed by atoms with Crippen LogP contribution >= 0.6 is 15.9 Å². The van der Waals surface area contributed by atoms with Crippen molar-refractivity contribution in [3.05, 3.63) is 22.2 Å². The summed E-state index contributed by atoms with van der Waals surface area (Å²) in [6.07, 6.45) is 0. The fourth-order valence-corrected chi connectivity index (χ4v) is 2.18. The van der Waals surface area contributed by atoms with Gasteiger partial charge >= 0.3 is 0 Å².